The highest BCUT2D eigenvalue weighted by atomic mass is 32.1. The van der Waals surface area contributed by atoms with E-state index in [0.29, 0.717) is 25.6 Å². The number of rotatable bonds is 7. The molecule has 0 unspecified atom stereocenters. The van der Waals surface area contributed by atoms with Gasteiger partial charge in [0.1, 0.15) is 23.3 Å². The Morgan fingerprint density at radius 3 is 2.84 bits per heavy atom. The molecule has 0 amide bonds. The molecule has 2 aromatic rings. The Balaban J connectivity index is 2.05. The summed E-state index contributed by atoms with van der Waals surface area (Å²) in [7, 11) is 1.83. The molecule has 0 bridgehead atoms. The van der Waals surface area contributed by atoms with Crippen molar-refractivity contribution in [1.82, 2.24) is 15.0 Å². The highest BCUT2D eigenvalue weighted by Crippen LogP contribution is 2.13. The van der Waals surface area contributed by atoms with E-state index in [9.17, 15) is 0 Å². The molecule has 0 spiro atoms. The van der Waals surface area contributed by atoms with E-state index < -0.39 is 0 Å². The van der Waals surface area contributed by atoms with Crippen molar-refractivity contribution in [3.05, 3.63) is 28.5 Å². The molecule has 102 valence electrons. The lowest BCUT2D eigenvalue weighted by atomic mass is 10.4. The molecule has 19 heavy (non-hydrogen) atoms. The molecule has 6 nitrogen and oxygen atoms in total. The number of ether oxygens (including phenoxy) is 1. The second-order valence-corrected chi connectivity index (χ2v) is 4.70. The Hall–Kier alpha value is -1.73. The van der Waals surface area contributed by atoms with Gasteiger partial charge in [-0.2, -0.15) is 0 Å². The number of hydrogen-bond donors (Lipinski definition) is 2. The molecular formula is C12H17N5OS. The molecule has 7 heteroatoms. The van der Waals surface area contributed by atoms with Crippen molar-refractivity contribution in [2.45, 2.75) is 20.1 Å². The average Bonchev–Trinajstić information content (AvgIpc) is 2.96. The molecule has 0 aliphatic heterocycles. The SMILES string of the molecule is CCOCc1nc(NC)cc(NCc2nccs2)n1. The summed E-state index contributed by atoms with van der Waals surface area (Å²) in [6, 6.07) is 1.86. The van der Waals surface area contributed by atoms with E-state index in [1.807, 2.05) is 25.4 Å². The second-order valence-electron chi connectivity index (χ2n) is 3.72. The van der Waals surface area contributed by atoms with Crippen LogP contribution in [0, 0.1) is 0 Å². The van der Waals surface area contributed by atoms with Crippen molar-refractivity contribution < 1.29 is 4.74 Å². The summed E-state index contributed by atoms with van der Waals surface area (Å²) in [6.07, 6.45) is 1.79. The van der Waals surface area contributed by atoms with Crippen LogP contribution >= 0.6 is 11.3 Å². The molecule has 2 N–H and O–H groups in total. The zero-order valence-electron chi connectivity index (χ0n) is 11.0. The summed E-state index contributed by atoms with van der Waals surface area (Å²) < 4.78 is 5.33. The van der Waals surface area contributed by atoms with Crippen molar-refractivity contribution >= 4 is 23.0 Å². The van der Waals surface area contributed by atoms with Crippen LogP contribution in [0.4, 0.5) is 11.6 Å². The first kappa shape index (κ1) is 13.7. The van der Waals surface area contributed by atoms with Crippen LogP contribution in [0.2, 0.25) is 0 Å². The van der Waals surface area contributed by atoms with E-state index in [0.717, 1.165) is 16.6 Å². The number of anilines is 2. The maximum Gasteiger partial charge on any atom is 0.158 e. The maximum absolute atomic E-state index is 5.33. The molecule has 0 saturated heterocycles. The van der Waals surface area contributed by atoms with Crippen LogP contribution < -0.4 is 10.6 Å². The lowest BCUT2D eigenvalue weighted by molar-refractivity contribution is 0.128. The minimum atomic E-state index is 0.415. The first-order valence-corrected chi connectivity index (χ1v) is 6.95. The normalized spacial score (nSPS) is 10.4. The van der Waals surface area contributed by atoms with Crippen LogP contribution in [-0.4, -0.2) is 28.6 Å². The number of hydrogen-bond acceptors (Lipinski definition) is 7. The summed E-state index contributed by atoms with van der Waals surface area (Å²) >= 11 is 1.61. The van der Waals surface area contributed by atoms with Crippen LogP contribution in [0.1, 0.15) is 17.8 Å². The fourth-order valence-electron chi connectivity index (χ4n) is 1.48. The van der Waals surface area contributed by atoms with E-state index in [1.54, 1.807) is 17.5 Å². The first-order valence-electron chi connectivity index (χ1n) is 6.07. The zero-order chi connectivity index (χ0) is 13.5. The zero-order valence-corrected chi connectivity index (χ0v) is 11.8. The topological polar surface area (TPSA) is 72.0 Å². The van der Waals surface area contributed by atoms with Gasteiger partial charge >= 0.3 is 0 Å². The Morgan fingerprint density at radius 2 is 2.16 bits per heavy atom. The van der Waals surface area contributed by atoms with Gasteiger partial charge in [0.2, 0.25) is 0 Å². The van der Waals surface area contributed by atoms with Crippen LogP contribution in [0.3, 0.4) is 0 Å². The van der Waals surface area contributed by atoms with Gasteiger partial charge in [-0.05, 0) is 6.92 Å². The largest absolute Gasteiger partial charge is 0.374 e. The van der Waals surface area contributed by atoms with Gasteiger partial charge in [0.25, 0.3) is 0 Å². The minimum Gasteiger partial charge on any atom is -0.374 e. The summed E-state index contributed by atoms with van der Waals surface area (Å²) in [5.41, 5.74) is 0. The van der Waals surface area contributed by atoms with Crippen LogP contribution in [0.25, 0.3) is 0 Å². The fraction of sp³-hybridized carbons (Fsp3) is 0.417. The van der Waals surface area contributed by atoms with E-state index in [4.69, 9.17) is 4.74 Å². The number of thiazole rings is 1. The van der Waals surface area contributed by atoms with Crippen molar-refractivity contribution in [3.8, 4) is 0 Å². The van der Waals surface area contributed by atoms with E-state index in [-0.39, 0.29) is 0 Å². The van der Waals surface area contributed by atoms with Crippen LogP contribution in [-0.2, 0) is 17.9 Å². The third kappa shape index (κ3) is 4.15. The molecule has 2 aromatic heterocycles. The van der Waals surface area contributed by atoms with Gasteiger partial charge in [0.15, 0.2) is 5.82 Å². The Kier molecular flexibility index (Phi) is 5.05. The predicted octanol–water partition coefficient (Wildman–Crippen LogP) is 2.12. The summed E-state index contributed by atoms with van der Waals surface area (Å²) in [5, 5.41) is 9.24. The van der Waals surface area contributed by atoms with Crippen molar-refractivity contribution in [2.24, 2.45) is 0 Å². The fourth-order valence-corrected chi connectivity index (χ4v) is 2.04. The summed E-state index contributed by atoms with van der Waals surface area (Å²) in [4.78, 5) is 13.0. The summed E-state index contributed by atoms with van der Waals surface area (Å²) in [5.74, 6) is 2.20. The number of nitrogens with one attached hydrogen (secondary N) is 2. The molecule has 0 radical (unpaired) electrons. The molecule has 0 aliphatic rings. The quantitative estimate of drug-likeness (QED) is 0.809. The van der Waals surface area contributed by atoms with E-state index in [2.05, 4.69) is 25.6 Å². The van der Waals surface area contributed by atoms with Gasteiger partial charge in [0, 0.05) is 31.3 Å². The van der Waals surface area contributed by atoms with Gasteiger partial charge < -0.3 is 15.4 Å². The molecule has 0 aliphatic carbocycles. The third-order valence-electron chi connectivity index (χ3n) is 2.37. The van der Waals surface area contributed by atoms with Crippen LogP contribution in [0.15, 0.2) is 17.6 Å². The smallest absolute Gasteiger partial charge is 0.158 e. The van der Waals surface area contributed by atoms with Crippen molar-refractivity contribution in [1.29, 1.82) is 0 Å². The van der Waals surface area contributed by atoms with Gasteiger partial charge in [-0.3, -0.25) is 0 Å². The predicted molar refractivity (Wildman–Crippen MR) is 76.3 cm³/mol. The van der Waals surface area contributed by atoms with Gasteiger partial charge in [0.05, 0.1) is 6.54 Å². The lowest BCUT2D eigenvalue weighted by Gasteiger charge is -2.09. The van der Waals surface area contributed by atoms with Crippen molar-refractivity contribution in [2.75, 3.05) is 24.3 Å². The Morgan fingerprint density at radius 1 is 1.32 bits per heavy atom. The van der Waals surface area contributed by atoms with Gasteiger partial charge in [-0.1, -0.05) is 0 Å². The van der Waals surface area contributed by atoms with Crippen molar-refractivity contribution in [3.63, 3.8) is 0 Å². The molecule has 2 rings (SSSR count). The molecule has 0 fully saturated rings. The van der Waals surface area contributed by atoms with Crippen LogP contribution in [0.5, 0.6) is 0 Å². The Labute approximate surface area is 116 Å². The lowest BCUT2D eigenvalue weighted by Crippen LogP contribution is -2.07. The summed E-state index contributed by atoms with van der Waals surface area (Å²) in [6.45, 7) is 3.67. The molecule has 0 atom stereocenters. The second kappa shape index (κ2) is 7.01. The van der Waals surface area contributed by atoms with Gasteiger partial charge in [-0.15, -0.1) is 11.3 Å². The maximum atomic E-state index is 5.33. The highest BCUT2D eigenvalue weighted by Gasteiger charge is 2.04. The number of aromatic nitrogens is 3. The Bertz CT molecular complexity index is 503. The molecule has 0 aromatic carbocycles. The third-order valence-corrected chi connectivity index (χ3v) is 3.15. The van der Waals surface area contributed by atoms with E-state index in [1.165, 1.54) is 0 Å². The monoisotopic (exact) mass is 279 g/mol. The first-order chi connectivity index (χ1) is 9.31. The van der Waals surface area contributed by atoms with E-state index >= 15 is 0 Å². The molecule has 0 saturated carbocycles. The molecular weight excluding hydrogens is 262 g/mol. The standard InChI is InChI=1S/C12H17N5OS/c1-3-18-8-11-16-9(13-2)6-10(17-11)15-7-12-14-4-5-19-12/h4-6H,3,7-8H2,1-2H3,(H2,13,15,16,17). The molecule has 2 heterocycles. The highest BCUT2D eigenvalue weighted by molar-refractivity contribution is 7.09. The average molecular weight is 279 g/mol. The minimum absolute atomic E-state index is 0.415. The number of nitrogens with zero attached hydrogens (tertiary/aromatic N) is 3. The van der Waals surface area contributed by atoms with Gasteiger partial charge in [-0.25, -0.2) is 15.0 Å².